The van der Waals surface area contributed by atoms with Crippen molar-refractivity contribution in [2.24, 2.45) is 0 Å². The van der Waals surface area contributed by atoms with E-state index in [2.05, 4.69) is 11.3 Å². The minimum Gasteiger partial charge on any atom is -0.466 e. The van der Waals surface area contributed by atoms with Crippen LogP contribution in [0.4, 0.5) is 0 Å². The molecule has 0 amide bonds. The Kier molecular flexibility index (Phi) is 6.58. The molecule has 1 unspecified atom stereocenters. The summed E-state index contributed by atoms with van der Waals surface area (Å²) in [5.74, 6) is -0.412. The molecule has 4 nitrogen and oxygen atoms in total. The molecule has 5 heteroatoms. The molecule has 0 aliphatic rings. The van der Waals surface area contributed by atoms with Crippen molar-refractivity contribution in [3.8, 4) is 0 Å². The Bertz CT molecular complexity index is 181. The van der Waals surface area contributed by atoms with E-state index in [-0.39, 0.29) is 24.7 Å². The molecule has 1 atom stereocenters. The third kappa shape index (κ3) is 5.63. The number of alkyl halides is 1. The van der Waals surface area contributed by atoms with Crippen molar-refractivity contribution in [2.45, 2.75) is 6.10 Å². The fourth-order valence-corrected chi connectivity index (χ4v) is 0.655. The zero-order valence-electron chi connectivity index (χ0n) is 7.46. The molecule has 0 fully saturated rings. The van der Waals surface area contributed by atoms with Gasteiger partial charge in [0.2, 0.25) is 0 Å². The van der Waals surface area contributed by atoms with Gasteiger partial charge in [-0.1, -0.05) is 6.58 Å². The summed E-state index contributed by atoms with van der Waals surface area (Å²) < 4.78 is 9.33. The van der Waals surface area contributed by atoms with Gasteiger partial charge < -0.3 is 14.6 Å². The SMILES string of the molecule is C=C(COCC(O)CCl)C(=O)OC. The molecule has 1 N–H and O–H groups in total. The minimum atomic E-state index is -0.716. The van der Waals surface area contributed by atoms with E-state index in [9.17, 15) is 4.79 Å². The number of carbonyl (C=O) groups excluding carboxylic acids is 1. The van der Waals surface area contributed by atoms with Crippen LogP contribution < -0.4 is 0 Å². The summed E-state index contributed by atoms with van der Waals surface area (Å²) in [5.41, 5.74) is 0.212. The fourth-order valence-electron chi connectivity index (χ4n) is 0.566. The zero-order chi connectivity index (χ0) is 10.3. The van der Waals surface area contributed by atoms with E-state index in [0.29, 0.717) is 0 Å². The lowest BCUT2D eigenvalue weighted by molar-refractivity contribution is -0.136. The normalized spacial score (nSPS) is 12.2. The molecule has 0 aromatic carbocycles. The van der Waals surface area contributed by atoms with Gasteiger partial charge in [0.1, 0.15) is 0 Å². The maximum atomic E-state index is 10.8. The second-order valence-corrected chi connectivity index (χ2v) is 2.73. The van der Waals surface area contributed by atoms with E-state index < -0.39 is 12.1 Å². The smallest absolute Gasteiger partial charge is 0.335 e. The highest BCUT2D eigenvalue weighted by molar-refractivity contribution is 6.18. The Balaban J connectivity index is 3.53. The number of carbonyl (C=O) groups is 1. The molecule has 0 aliphatic heterocycles. The Hall–Kier alpha value is -0.580. The fraction of sp³-hybridized carbons (Fsp3) is 0.625. The van der Waals surface area contributed by atoms with E-state index in [1.807, 2.05) is 0 Å². The van der Waals surface area contributed by atoms with E-state index in [1.54, 1.807) is 0 Å². The summed E-state index contributed by atoms with van der Waals surface area (Å²) in [6, 6.07) is 0. The summed E-state index contributed by atoms with van der Waals surface area (Å²) in [6.45, 7) is 3.56. The van der Waals surface area contributed by atoms with Gasteiger partial charge in [-0.2, -0.15) is 0 Å². The summed E-state index contributed by atoms with van der Waals surface area (Å²) in [7, 11) is 1.27. The predicted octanol–water partition coefficient (Wildman–Crippen LogP) is 0.332. The average molecular weight is 209 g/mol. The highest BCUT2D eigenvalue weighted by Crippen LogP contribution is 1.96. The van der Waals surface area contributed by atoms with E-state index >= 15 is 0 Å². The Morgan fingerprint density at radius 3 is 2.77 bits per heavy atom. The number of esters is 1. The molecule has 0 bridgehead atoms. The predicted molar refractivity (Wildman–Crippen MR) is 48.7 cm³/mol. The van der Waals surface area contributed by atoms with Crippen molar-refractivity contribution in [3.05, 3.63) is 12.2 Å². The van der Waals surface area contributed by atoms with Crippen molar-refractivity contribution in [1.29, 1.82) is 0 Å². The van der Waals surface area contributed by atoms with Gasteiger partial charge in [-0.25, -0.2) is 4.79 Å². The van der Waals surface area contributed by atoms with E-state index in [0.717, 1.165) is 0 Å². The van der Waals surface area contributed by atoms with Gasteiger partial charge in [-0.05, 0) is 0 Å². The first kappa shape index (κ1) is 12.4. The maximum absolute atomic E-state index is 10.8. The quantitative estimate of drug-likeness (QED) is 0.388. The third-order valence-electron chi connectivity index (χ3n) is 1.24. The summed E-state index contributed by atoms with van der Waals surface area (Å²) in [5, 5.41) is 8.96. The molecule has 0 radical (unpaired) electrons. The van der Waals surface area contributed by atoms with Crippen molar-refractivity contribution >= 4 is 17.6 Å². The number of halogens is 1. The first-order valence-electron chi connectivity index (χ1n) is 3.69. The van der Waals surface area contributed by atoms with Crippen LogP contribution in [0.1, 0.15) is 0 Å². The molecule has 13 heavy (non-hydrogen) atoms. The van der Waals surface area contributed by atoms with Crippen molar-refractivity contribution < 1.29 is 19.4 Å². The van der Waals surface area contributed by atoms with E-state index in [1.165, 1.54) is 7.11 Å². The molecule has 76 valence electrons. The average Bonchev–Trinajstić information content (AvgIpc) is 2.15. The molecule has 0 aromatic heterocycles. The number of aliphatic hydroxyl groups is 1. The van der Waals surface area contributed by atoms with Crippen LogP contribution in [0.25, 0.3) is 0 Å². The van der Waals surface area contributed by atoms with Gasteiger partial charge in [-0.15, -0.1) is 11.6 Å². The number of ether oxygens (including phenoxy) is 2. The van der Waals surface area contributed by atoms with Crippen LogP contribution in [-0.2, 0) is 14.3 Å². The van der Waals surface area contributed by atoms with Gasteiger partial charge in [0, 0.05) is 0 Å². The van der Waals surface area contributed by atoms with Crippen molar-refractivity contribution in [3.63, 3.8) is 0 Å². The Labute approximate surface area is 82.1 Å². The number of hydrogen-bond acceptors (Lipinski definition) is 4. The second kappa shape index (κ2) is 6.88. The molecule has 0 heterocycles. The van der Waals surface area contributed by atoms with E-state index in [4.69, 9.17) is 21.4 Å². The maximum Gasteiger partial charge on any atom is 0.335 e. The lowest BCUT2D eigenvalue weighted by atomic mass is 10.3. The molecule has 0 spiro atoms. The molecular formula is C8H13ClO4. The van der Waals surface area contributed by atoms with Crippen molar-refractivity contribution in [2.75, 3.05) is 26.2 Å². The topological polar surface area (TPSA) is 55.8 Å². The number of aliphatic hydroxyl groups excluding tert-OH is 1. The molecule has 0 aliphatic carbocycles. The first-order valence-corrected chi connectivity index (χ1v) is 4.23. The Morgan fingerprint density at radius 1 is 1.69 bits per heavy atom. The number of hydrogen-bond donors (Lipinski definition) is 1. The van der Waals surface area contributed by atoms with Gasteiger partial charge >= 0.3 is 5.97 Å². The highest BCUT2D eigenvalue weighted by Gasteiger charge is 2.07. The summed E-state index contributed by atoms with van der Waals surface area (Å²) in [6.07, 6.45) is -0.716. The molecule has 0 rings (SSSR count). The van der Waals surface area contributed by atoms with Gasteiger partial charge in [0.05, 0.1) is 37.9 Å². The van der Waals surface area contributed by atoms with Crippen LogP contribution in [0.2, 0.25) is 0 Å². The van der Waals surface area contributed by atoms with Crippen LogP contribution in [0, 0.1) is 0 Å². The monoisotopic (exact) mass is 208 g/mol. The highest BCUT2D eigenvalue weighted by atomic mass is 35.5. The van der Waals surface area contributed by atoms with Gasteiger partial charge in [0.15, 0.2) is 0 Å². The van der Waals surface area contributed by atoms with Crippen LogP contribution in [0.3, 0.4) is 0 Å². The lowest BCUT2D eigenvalue weighted by Crippen LogP contribution is -2.19. The van der Waals surface area contributed by atoms with Crippen LogP contribution >= 0.6 is 11.6 Å². The molecular weight excluding hydrogens is 196 g/mol. The summed E-state index contributed by atoms with van der Waals surface area (Å²) >= 11 is 5.31. The van der Waals surface area contributed by atoms with Crippen molar-refractivity contribution in [1.82, 2.24) is 0 Å². The number of rotatable bonds is 6. The molecule has 0 saturated carbocycles. The number of methoxy groups -OCH3 is 1. The largest absolute Gasteiger partial charge is 0.466 e. The van der Waals surface area contributed by atoms with Crippen LogP contribution in [0.15, 0.2) is 12.2 Å². The standard InChI is InChI=1S/C8H13ClO4/c1-6(8(11)12-2)4-13-5-7(10)3-9/h7,10H,1,3-5H2,2H3. The zero-order valence-corrected chi connectivity index (χ0v) is 8.21. The molecule has 0 saturated heterocycles. The first-order chi connectivity index (χ1) is 6.11. The van der Waals surface area contributed by atoms with Crippen LogP contribution in [-0.4, -0.2) is 43.4 Å². The Morgan fingerprint density at radius 2 is 2.31 bits per heavy atom. The minimum absolute atomic E-state index is 0.0423. The second-order valence-electron chi connectivity index (χ2n) is 2.42. The van der Waals surface area contributed by atoms with Gasteiger partial charge in [0.25, 0.3) is 0 Å². The lowest BCUT2D eigenvalue weighted by Gasteiger charge is -2.08. The third-order valence-corrected chi connectivity index (χ3v) is 1.59. The van der Waals surface area contributed by atoms with Crippen LogP contribution in [0.5, 0.6) is 0 Å². The summed E-state index contributed by atoms with van der Waals surface area (Å²) in [4.78, 5) is 10.8. The molecule has 0 aromatic rings. The van der Waals surface area contributed by atoms with Gasteiger partial charge in [-0.3, -0.25) is 0 Å².